The second-order valence-corrected chi connectivity index (χ2v) is 4.76. The van der Waals surface area contributed by atoms with Crippen molar-refractivity contribution in [1.29, 1.82) is 0 Å². The van der Waals surface area contributed by atoms with Gasteiger partial charge in [-0.25, -0.2) is 4.39 Å². The minimum atomic E-state index is -0.407. The summed E-state index contributed by atoms with van der Waals surface area (Å²) in [6, 6.07) is 9.75. The molecule has 88 valence electrons. The molecule has 0 aliphatic heterocycles. The van der Waals surface area contributed by atoms with Crippen LogP contribution in [0.1, 0.15) is 14.5 Å². The molecule has 2 aromatic rings. The minimum Gasteiger partial charge on any atom is -0.295 e. The van der Waals surface area contributed by atoms with E-state index in [4.69, 9.17) is 0 Å². The van der Waals surface area contributed by atoms with Gasteiger partial charge < -0.3 is 0 Å². The summed E-state index contributed by atoms with van der Waals surface area (Å²) in [4.78, 5) is 13.3. The number of benzene rings is 1. The van der Waals surface area contributed by atoms with Crippen molar-refractivity contribution in [3.05, 3.63) is 52.0 Å². The summed E-state index contributed by atoms with van der Waals surface area (Å²) >= 11 is 1.39. The van der Waals surface area contributed by atoms with Gasteiger partial charge in [0.2, 0.25) is 0 Å². The van der Waals surface area contributed by atoms with Crippen LogP contribution in [0.3, 0.4) is 0 Å². The molecule has 0 aliphatic rings. The van der Waals surface area contributed by atoms with Gasteiger partial charge in [0.1, 0.15) is 5.82 Å². The summed E-state index contributed by atoms with van der Waals surface area (Å²) in [5.74, 6) is -0.679. The summed E-state index contributed by atoms with van der Waals surface area (Å²) < 4.78 is 13.2. The van der Waals surface area contributed by atoms with Crippen molar-refractivity contribution in [2.45, 2.75) is 6.92 Å². The zero-order chi connectivity index (χ0) is 12.3. The van der Waals surface area contributed by atoms with Crippen molar-refractivity contribution in [3.63, 3.8) is 0 Å². The van der Waals surface area contributed by atoms with Crippen LogP contribution >= 0.6 is 11.3 Å². The number of para-hydroxylation sites is 1. The van der Waals surface area contributed by atoms with E-state index in [0.29, 0.717) is 4.88 Å². The van der Waals surface area contributed by atoms with E-state index in [-0.39, 0.29) is 11.6 Å². The van der Waals surface area contributed by atoms with Crippen molar-refractivity contribution in [2.24, 2.45) is 0 Å². The Balaban J connectivity index is 1.99. The Bertz CT molecular complexity index is 539. The highest BCUT2D eigenvalue weighted by Crippen LogP contribution is 2.15. The second-order valence-electron chi connectivity index (χ2n) is 3.47. The van der Waals surface area contributed by atoms with E-state index in [1.165, 1.54) is 17.4 Å². The number of halogens is 1. The summed E-state index contributed by atoms with van der Waals surface area (Å²) in [6.07, 6.45) is 0. The van der Waals surface area contributed by atoms with Gasteiger partial charge in [0, 0.05) is 4.88 Å². The zero-order valence-electron chi connectivity index (χ0n) is 9.16. The Labute approximate surface area is 102 Å². The normalized spacial score (nSPS) is 10.0. The molecule has 0 spiro atoms. The van der Waals surface area contributed by atoms with Crippen LogP contribution < -0.4 is 10.9 Å². The molecule has 0 radical (unpaired) electrons. The number of carbonyl (C=O) groups is 1. The minimum absolute atomic E-state index is 0.245. The van der Waals surface area contributed by atoms with Gasteiger partial charge in [-0.15, -0.1) is 11.3 Å². The van der Waals surface area contributed by atoms with Gasteiger partial charge in [-0.3, -0.25) is 15.6 Å². The lowest BCUT2D eigenvalue weighted by Gasteiger charge is -2.07. The molecular weight excluding hydrogens is 239 g/mol. The molecule has 0 bridgehead atoms. The van der Waals surface area contributed by atoms with Gasteiger partial charge in [0.25, 0.3) is 5.91 Å². The Kier molecular flexibility index (Phi) is 3.39. The molecule has 17 heavy (non-hydrogen) atoms. The van der Waals surface area contributed by atoms with Crippen molar-refractivity contribution in [2.75, 3.05) is 5.43 Å². The lowest BCUT2D eigenvalue weighted by Crippen LogP contribution is -2.29. The number of amides is 1. The quantitative estimate of drug-likeness (QED) is 0.822. The molecule has 0 unspecified atom stereocenters. The number of hydrazine groups is 1. The number of thiophene rings is 1. The van der Waals surface area contributed by atoms with E-state index in [1.54, 1.807) is 24.3 Å². The molecule has 0 saturated heterocycles. The number of rotatable bonds is 3. The SMILES string of the molecule is Cc1ccc(C(=O)NNc2ccccc2F)s1. The first-order chi connectivity index (χ1) is 8.16. The van der Waals surface area contributed by atoms with Gasteiger partial charge >= 0.3 is 0 Å². The Morgan fingerprint density at radius 2 is 2.00 bits per heavy atom. The highest BCUT2D eigenvalue weighted by Gasteiger charge is 2.08. The molecule has 1 aromatic carbocycles. The predicted octanol–water partition coefficient (Wildman–Crippen LogP) is 2.95. The van der Waals surface area contributed by atoms with Gasteiger partial charge in [-0.2, -0.15) is 0 Å². The smallest absolute Gasteiger partial charge is 0.279 e. The van der Waals surface area contributed by atoms with E-state index < -0.39 is 5.82 Å². The van der Waals surface area contributed by atoms with Crippen LogP contribution in [-0.4, -0.2) is 5.91 Å². The van der Waals surface area contributed by atoms with E-state index in [1.807, 2.05) is 13.0 Å². The predicted molar refractivity (Wildman–Crippen MR) is 66.5 cm³/mol. The molecule has 0 atom stereocenters. The first kappa shape index (κ1) is 11.6. The fraction of sp³-hybridized carbons (Fsp3) is 0.0833. The maximum atomic E-state index is 13.2. The van der Waals surface area contributed by atoms with Gasteiger partial charge in [0.05, 0.1) is 10.6 Å². The Hall–Kier alpha value is -1.88. The fourth-order valence-electron chi connectivity index (χ4n) is 1.30. The molecule has 0 aliphatic carbocycles. The van der Waals surface area contributed by atoms with Crippen LogP contribution in [0.4, 0.5) is 10.1 Å². The molecule has 1 amide bonds. The van der Waals surface area contributed by atoms with Crippen LogP contribution in [0, 0.1) is 12.7 Å². The number of hydrogen-bond acceptors (Lipinski definition) is 3. The molecule has 2 N–H and O–H groups in total. The number of carbonyl (C=O) groups excluding carboxylic acids is 1. The molecule has 1 aromatic heterocycles. The molecule has 5 heteroatoms. The highest BCUT2D eigenvalue weighted by molar-refractivity contribution is 7.13. The zero-order valence-corrected chi connectivity index (χ0v) is 9.98. The van der Waals surface area contributed by atoms with Crippen LogP contribution in [0.15, 0.2) is 36.4 Å². The summed E-state index contributed by atoms with van der Waals surface area (Å²) in [6.45, 7) is 1.92. The Morgan fingerprint density at radius 1 is 1.24 bits per heavy atom. The standard InChI is InChI=1S/C12H11FN2OS/c1-8-6-7-11(17-8)12(16)15-14-10-5-3-2-4-9(10)13/h2-7,14H,1H3,(H,15,16). The van der Waals surface area contributed by atoms with Gasteiger partial charge in [0.15, 0.2) is 0 Å². The van der Waals surface area contributed by atoms with Gasteiger partial charge in [-0.05, 0) is 31.2 Å². The monoisotopic (exact) mass is 250 g/mol. The van der Waals surface area contributed by atoms with Crippen molar-refractivity contribution in [3.8, 4) is 0 Å². The van der Waals surface area contributed by atoms with Crippen LogP contribution in [0.2, 0.25) is 0 Å². The van der Waals surface area contributed by atoms with Crippen molar-refractivity contribution in [1.82, 2.24) is 5.43 Å². The molecule has 0 saturated carbocycles. The van der Waals surface area contributed by atoms with Crippen molar-refractivity contribution >= 4 is 22.9 Å². The fourth-order valence-corrected chi connectivity index (χ4v) is 2.07. The number of aryl methyl sites for hydroxylation is 1. The first-order valence-electron chi connectivity index (χ1n) is 5.04. The molecule has 1 heterocycles. The summed E-state index contributed by atoms with van der Waals surface area (Å²) in [7, 11) is 0. The number of hydrogen-bond donors (Lipinski definition) is 2. The maximum absolute atomic E-state index is 13.2. The van der Waals surface area contributed by atoms with E-state index in [9.17, 15) is 9.18 Å². The van der Waals surface area contributed by atoms with Crippen LogP contribution in [0.5, 0.6) is 0 Å². The molecule has 0 fully saturated rings. The van der Waals surface area contributed by atoms with E-state index in [0.717, 1.165) is 4.88 Å². The molecule has 3 nitrogen and oxygen atoms in total. The third-order valence-electron chi connectivity index (χ3n) is 2.15. The largest absolute Gasteiger partial charge is 0.295 e. The van der Waals surface area contributed by atoms with Crippen LogP contribution in [0.25, 0.3) is 0 Å². The van der Waals surface area contributed by atoms with E-state index >= 15 is 0 Å². The maximum Gasteiger partial charge on any atom is 0.279 e. The molecular formula is C12H11FN2OS. The van der Waals surface area contributed by atoms with Crippen molar-refractivity contribution < 1.29 is 9.18 Å². The lowest BCUT2D eigenvalue weighted by atomic mass is 10.3. The Morgan fingerprint density at radius 3 is 2.65 bits per heavy atom. The van der Waals surface area contributed by atoms with E-state index in [2.05, 4.69) is 10.9 Å². The first-order valence-corrected chi connectivity index (χ1v) is 5.86. The summed E-state index contributed by atoms with van der Waals surface area (Å²) in [5.41, 5.74) is 5.25. The average Bonchev–Trinajstić information content (AvgIpc) is 2.74. The topological polar surface area (TPSA) is 41.1 Å². The summed E-state index contributed by atoms with van der Waals surface area (Å²) in [5, 5.41) is 0. The number of anilines is 1. The third-order valence-corrected chi connectivity index (χ3v) is 3.15. The number of nitrogens with one attached hydrogen (secondary N) is 2. The third kappa shape index (κ3) is 2.82. The second kappa shape index (κ2) is 4.97. The average molecular weight is 250 g/mol. The molecule has 2 rings (SSSR count). The van der Waals surface area contributed by atoms with Gasteiger partial charge in [-0.1, -0.05) is 12.1 Å². The van der Waals surface area contributed by atoms with Crippen LogP contribution in [-0.2, 0) is 0 Å². The lowest BCUT2D eigenvalue weighted by molar-refractivity contribution is 0.0966. The highest BCUT2D eigenvalue weighted by atomic mass is 32.1.